The maximum atomic E-state index is 6.23. The molecular weight excluding hydrogens is 186 g/mol. The number of anilines is 1. The van der Waals surface area contributed by atoms with Gasteiger partial charge in [-0.3, -0.25) is 4.98 Å². The molecule has 0 aliphatic carbocycles. The van der Waals surface area contributed by atoms with Gasteiger partial charge in [0.1, 0.15) is 0 Å². The van der Waals surface area contributed by atoms with E-state index in [0.717, 1.165) is 19.5 Å². The molecule has 0 amide bonds. The van der Waals surface area contributed by atoms with Gasteiger partial charge in [0.25, 0.3) is 0 Å². The topological polar surface area (TPSA) is 42.1 Å². The number of hydrogen-bond acceptors (Lipinski definition) is 3. The lowest BCUT2D eigenvalue weighted by Crippen LogP contribution is -2.67. The molecule has 1 fully saturated rings. The lowest BCUT2D eigenvalue weighted by Gasteiger charge is -2.49. The molecule has 1 aromatic rings. The van der Waals surface area contributed by atoms with Crippen molar-refractivity contribution in [1.29, 1.82) is 0 Å². The summed E-state index contributed by atoms with van der Waals surface area (Å²) < 4.78 is 0. The number of nitrogens with two attached hydrogens (primary N) is 1. The lowest BCUT2D eigenvalue weighted by atomic mass is 9.86. The standard InChI is InChI=1S/C12H19N3/c1-3-5-12(13)8-15(9-12)11-4-6-14-7-10(11)2/h4,6-7H,3,5,8-9,13H2,1-2H3. The first kappa shape index (κ1) is 10.4. The molecule has 0 aromatic carbocycles. The maximum Gasteiger partial charge on any atom is 0.0509 e. The van der Waals surface area contributed by atoms with Crippen molar-refractivity contribution in [3.05, 3.63) is 24.0 Å². The van der Waals surface area contributed by atoms with E-state index in [0.29, 0.717) is 0 Å². The van der Waals surface area contributed by atoms with Crippen molar-refractivity contribution in [2.24, 2.45) is 5.73 Å². The molecule has 0 unspecified atom stereocenters. The van der Waals surface area contributed by atoms with Crippen LogP contribution >= 0.6 is 0 Å². The van der Waals surface area contributed by atoms with Crippen LogP contribution in [-0.4, -0.2) is 23.6 Å². The van der Waals surface area contributed by atoms with Crippen molar-refractivity contribution in [1.82, 2.24) is 4.98 Å². The predicted octanol–water partition coefficient (Wildman–Crippen LogP) is 1.71. The van der Waals surface area contributed by atoms with Crippen molar-refractivity contribution >= 4 is 5.69 Å². The molecule has 1 aliphatic heterocycles. The second-order valence-corrected chi connectivity index (χ2v) is 4.63. The van der Waals surface area contributed by atoms with Crippen LogP contribution in [-0.2, 0) is 0 Å². The minimum absolute atomic E-state index is 0.0461. The highest BCUT2D eigenvalue weighted by Crippen LogP contribution is 2.30. The quantitative estimate of drug-likeness (QED) is 0.816. The van der Waals surface area contributed by atoms with E-state index in [1.807, 2.05) is 12.4 Å². The fourth-order valence-electron chi connectivity index (χ4n) is 2.36. The summed E-state index contributed by atoms with van der Waals surface area (Å²) in [6.45, 7) is 6.24. The van der Waals surface area contributed by atoms with Crippen LogP contribution in [0.4, 0.5) is 5.69 Å². The highest BCUT2D eigenvalue weighted by Gasteiger charge is 2.38. The zero-order valence-electron chi connectivity index (χ0n) is 9.53. The minimum Gasteiger partial charge on any atom is -0.367 e. The molecule has 1 saturated heterocycles. The molecule has 0 saturated carbocycles. The molecule has 1 aliphatic rings. The van der Waals surface area contributed by atoms with Crippen LogP contribution in [0, 0.1) is 6.92 Å². The molecule has 3 nitrogen and oxygen atoms in total. The first-order valence-corrected chi connectivity index (χ1v) is 5.59. The van der Waals surface area contributed by atoms with E-state index in [2.05, 4.69) is 29.8 Å². The van der Waals surface area contributed by atoms with Crippen molar-refractivity contribution in [2.45, 2.75) is 32.2 Å². The van der Waals surface area contributed by atoms with Crippen LogP contribution in [0.25, 0.3) is 0 Å². The third kappa shape index (κ3) is 1.97. The first-order chi connectivity index (χ1) is 7.14. The first-order valence-electron chi connectivity index (χ1n) is 5.59. The van der Waals surface area contributed by atoms with Crippen molar-refractivity contribution in [3.8, 4) is 0 Å². The third-order valence-electron chi connectivity index (χ3n) is 3.09. The summed E-state index contributed by atoms with van der Waals surface area (Å²) >= 11 is 0. The van der Waals surface area contributed by atoms with Crippen LogP contribution in [0.15, 0.2) is 18.5 Å². The van der Waals surface area contributed by atoms with Crippen LogP contribution in [0.1, 0.15) is 25.3 Å². The lowest BCUT2D eigenvalue weighted by molar-refractivity contribution is 0.307. The SMILES string of the molecule is CCCC1(N)CN(c2ccncc2C)C1. The molecule has 0 radical (unpaired) electrons. The Balaban J connectivity index is 2.03. The van der Waals surface area contributed by atoms with Crippen LogP contribution in [0.3, 0.4) is 0 Å². The minimum atomic E-state index is 0.0461. The molecule has 3 heteroatoms. The number of aryl methyl sites for hydroxylation is 1. The molecule has 15 heavy (non-hydrogen) atoms. The van der Waals surface area contributed by atoms with E-state index in [-0.39, 0.29) is 5.54 Å². The number of pyridine rings is 1. The largest absolute Gasteiger partial charge is 0.367 e. The fourth-order valence-corrected chi connectivity index (χ4v) is 2.36. The Labute approximate surface area is 91.3 Å². The summed E-state index contributed by atoms with van der Waals surface area (Å²) in [5.74, 6) is 0. The van der Waals surface area contributed by atoms with Gasteiger partial charge in [0, 0.05) is 31.2 Å². The fraction of sp³-hybridized carbons (Fsp3) is 0.583. The Morgan fingerprint density at radius 1 is 1.53 bits per heavy atom. The zero-order chi connectivity index (χ0) is 10.9. The molecule has 0 atom stereocenters. The highest BCUT2D eigenvalue weighted by molar-refractivity contribution is 5.55. The normalized spacial score (nSPS) is 18.7. The number of nitrogens with zero attached hydrogens (tertiary/aromatic N) is 2. The van der Waals surface area contributed by atoms with E-state index in [9.17, 15) is 0 Å². The Bertz CT molecular complexity index is 342. The van der Waals surface area contributed by atoms with E-state index in [1.54, 1.807) is 0 Å². The van der Waals surface area contributed by atoms with Gasteiger partial charge in [-0.15, -0.1) is 0 Å². The average molecular weight is 205 g/mol. The van der Waals surface area contributed by atoms with Gasteiger partial charge in [0.05, 0.1) is 5.54 Å². The second kappa shape index (κ2) is 3.81. The smallest absolute Gasteiger partial charge is 0.0509 e. The van der Waals surface area contributed by atoms with E-state index >= 15 is 0 Å². The van der Waals surface area contributed by atoms with Gasteiger partial charge < -0.3 is 10.6 Å². The number of rotatable bonds is 3. The van der Waals surface area contributed by atoms with E-state index in [4.69, 9.17) is 5.73 Å². The number of hydrogen-bond donors (Lipinski definition) is 1. The zero-order valence-corrected chi connectivity index (χ0v) is 9.53. The molecular formula is C12H19N3. The van der Waals surface area contributed by atoms with Crippen LogP contribution in [0.2, 0.25) is 0 Å². The summed E-state index contributed by atoms with van der Waals surface area (Å²) in [5, 5.41) is 0. The van der Waals surface area contributed by atoms with Crippen molar-refractivity contribution in [2.75, 3.05) is 18.0 Å². The average Bonchev–Trinajstić information content (AvgIpc) is 2.15. The summed E-state index contributed by atoms with van der Waals surface area (Å²) in [7, 11) is 0. The van der Waals surface area contributed by atoms with Crippen LogP contribution < -0.4 is 10.6 Å². The number of aromatic nitrogens is 1. The summed E-state index contributed by atoms with van der Waals surface area (Å²) in [5.41, 5.74) is 8.79. The molecule has 1 aromatic heterocycles. The van der Waals surface area contributed by atoms with Crippen molar-refractivity contribution in [3.63, 3.8) is 0 Å². The Morgan fingerprint density at radius 3 is 2.87 bits per heavy atom. The maximum absolute atomic E-state index is 6.23. The summed E-state index contributed by atoms with van der Waals surface area (Å²) in [4.78, 5) is 6.44. The monoisotopic (exact) mass is 205 g/mol. The van der Waals surface area contributed by atoms with Crippen molar-refractivity contribution < 1.29 is 0 Å². The molecule has 82 valence electrons. The molecule has 0 spiro atoms. The van der Waals surface area contributed by atoms with E-state index in [1.165, 1.54) is 17.7 Å². The van der Waals surface area contributed by atoms with Gasteiger partial charge >= 0.3 is 0 Å². The third-order valence-corrected chi connectivity index (χ3v) is 3.09. The van der Waals surface area contributed by atoms with Gasteiger partial charge in [-0.25, -0.2) is 0 Å². The Morgan fingerprint density at radius 2 is 2.27 bits per heavy atom. The summed E-state index contributed by atoms with van der Waals surface area (Å²) in [6.07, 6.45) is 6.04. The second-order valence-electron chi connectivity index (χ2n) is 4.63. The molecule has 2 N–H and O–H groups in total. The molecule has 2 heterocycles. The molecule has 0 bridgehead atoms. The highest BCUT2D eigenvalue weighted by atomic mass is 15.3. The van der Waals surface area contributed by atoms with Crippen LogP contribution in [0.5, 0.6) is 0 Å². The van der Waals surface area contributed by atoms with Gasteiger partial charge in [0.2, 0.25) is 0 Å². The Hall–Kier alpha value is -1.09. The Kier molecular flexibility index (Phi) is 2.65. The van der Waals surface area contributed by atoms with Gasteiger partial charge in [-0.1, -0.05) is 13.3 Å². The van der Waals surface area contributed by atoms with E-state index < -0.39 is 0 Å². The predicted molar refractivity (Wildman–Crippen MR) is 63.0 cm³/mol. The van der Waals surface area contributed by atoms with Gasteiger partial charge in [-0.05, 0) is 25.0 Å². The molecule has 2 rings (SSSR count). The van der Waals surface area contributed by atoms with Gasteiger partial charge in [-0.2, -0.15) is 0 Å². The summed E-state index contributed by atoms with van der Waals surface area (Å²) in [6, 6.07) is 2.07. The van der Waals surface area contributed by atoms with Gasteiger partial charge in [0.15, 0.2) is 0 Å².